The Morgan fingerprint density at radius 1 is 1.14 bits per heavy atom. The molecule has 0 aliphatic carbocycles. The van der Waals surface area contributed by atoms with Gasteiger partial charge in [-0.3, -0.25) is 14.6 Å². The zero-order valence-corrected chi connectivity index (χ0v) is 21.3. The van der Waals surface area contributed by atoms with E-state index in [9.17, 15) is 14.7 Å². The Hall–Kier alpha value is -3.45. The standard InChI is InChI=1S/C28H27BrN2O4/c1-3-4-13-35-23-11-10-21(14-18(23)2)26(32)24-25(20-8-5-9-22(29)15-20)31(28(34)27(24)33)17-19-7-6-12-30-16-19/h5-12,14-16,25,32H,3-4,13,17H2,1-2H3/b26-24-. The fourth-order valence-electron chi connectivity index (χ4n) is 4.20. The molecule has 6 nitrogen and oxygen atoms in total. The third-order valence-electron chi connectivity index (χ3n) is 5.98. The number of aliphatic hydroxyl groups excluding tert-OH is 1. The number of hydrogen-bond donors (Lipinski definition) is 1. The van der Waals surface area contributed by atoms with E-state index < -0.39 is 17.7 Å². The Kier molecular flexibility index (Phi) is 7.66. The van der Waals surface area contributed by atoms with Crippen molar-refractivity contribution >= 4 is 33.4 Å². The zero-order chi connectivity index (χ0) is 24.9. The van der Waals surface area contributed by atoms with Crippen molar-refractivity contribution in [3.8, 4) is 5.75 Å². The summed E-state index contributed by atoms with van der Waals surface area (Å²) in [6, 6.07) is 15.6. The molecule has 180 valence electrons. The first kappa shape index (κ1) is 24.7. The van der Waals surface area contributed by atoms with Crippen molar-refractivity contribution in [3.63, 3.8) is 0 Å². The van der Waals surface area contributed by atoms with Gasteiger partial charge in [-0.15, -0.1) is 0 Å². The quantitative estimate of drug-likeness (QED) is 0.167. The molecular weight excluding hydrogens is 508 g/mol. The van der Waals surface area contributed by atoms with E-state index in [0.29, 0.717) is 12.2 Å². The Bertz CT molecular complexity index is 1270. The van der Waals surface area contributed by atoms with E-state index in [1.54, 1.807) is 36.7 Å². The van der Waals surface area contributed by atoms with Crippen molar-refractivity contribution in [2.45, 2.75) is 39.3 Å². The van der Waals surface area contributed by atoms with Crippen molar-refractivity contribution in [1.29, 1.82) is 0 Å². The van der Waals surface area contributed by atoms with Crippen LogP contribution in [0.3, 0.4) is 0 Å². The molecule has 2 aromatic carbocycles. The van der Waals surface area contributed by atoms with Gasteiger partial charge in [0.15, 0.2) is 0 Å². The Labute approximate surface area is 213 Å². The maximum atomic E-state index is 13.3. The van der Waals surface area contributed by atoms with Gasteiger partial charge in [0.25, 0.3) is 11.7 Å². The molecule has 1 atom stereocenters. The van der Waals surface area contributed by atoms with Crippen LogP contribution in [0.1, 0.15) is 48.1 Å². The number of ether oxygens (including phenoxy) is 1. The molecule has 1 unspecified atom stereocenters. The molecule has 1 saturated heterocycles. The fourth-order valence-corrected chi connectivity index (χ4v) is 4.61. The van der Waals surface area contributed by atoms with Crippen LogP contribution in [0.15, 0.2) is 77.0 Å². The molecule has 4 rings (SSSR count). The first-order valence-electron chi connectivity index (χ1n) is 11.6. The summed E-state index contributed by atoms with van der Waals surface area (Å²) in [4.78, 5) is 32.0. The van der Waals surface area contributed by atoms with Crippen LogP contribution in [0.2, 0.25) is 0 Å². The van der Waals surface area contributed by atoms with Crippen LogP contribution in [0.4, 0.5) is 0 Å². The molecule has 2 heterocycles. The summed E-state index contributed by atoms with van der Waals surface area (Å²) in [5, 5.41) is 11.3. The number of aryl methyl sites for hydroxylation is 1. The number of rotatable bonds is 8. The van der Waals surface area contributed by atoms with E-state index in [1.807, 2.05) is 37.3 Å². The molecule has 0 spiro atoms. The van der Waals surface area contributed by atoms with Crippen molar-refractivity contribution in [1.82, 2.24) is 9.88 Å². The maximum absolute atomic E-state index is 13.3. The summed E-state index contributed by atoms with van der Waals surface area (Å²) >= 11 is 3.48. The number of carbonyl (C=O) groups is 2. The molecule has 3 aromatic rings. The van der Waals surface area contributed by atoms with Crippen LogP contribution in [0, 0.1) is 6.92 Å². The Morgan fingerprint density at radius 3 is 2.66 bits per heavy atom. The van der Waals surface area contributed by atoms with Crippen LogP contribution in [0.5, 0.6) is 5.75 Å². The average Bonchev–Trinajstić information content (AvgIpc) is 3.10. The number of aliphatic hydroxyl groups is 1. The number of nitrogens with zero attached hydrogens (tertiary/aromatic N) is 2. The molecule has 0 bridgehead atoms. The third-order valence-corrected chi connectivity index (χ3v) is 6.48. The van der Waals surface area contributed by atoms with Crippen LogP contribution >= 0.6 is 15.9 Å². The lowest BCUT2D eigenvalue weighted by atomic mass is 9.94. The molecule has 1 N–H and O–H groups in total. The van der Waals surface area contributed by atoms with Gasteiger partial charge in [0, 0.05) is 29.0 Å². The minimum Gasteiger partial charge on any atom is -0.507 e. The summed E-state index contributed by atoms with van der Waals surface area (Å²) in [7, 11) is 0. The average molecular weight is 535 g/mol. The van der Waals surface area contributed by atoms with E-state index in [0.717, 1.165) is 39.8 Å². The number of benzene rings is 2. The van der Waals surface area contributed by atoms with Crippen LogP contribution in [0.25, 0.3) is 5.76 Å². The molecule has 1 fully saturated rings. The summed E-state index contributed by atoms with van der Waals surface area (Å²) in [6.07, 6.45) is 5.31. The second-order valence-electron chi connectivity index (χ2n) is 8.53. The molecule has 0 radical (unpaired) electrons. The van der Waals surface area contributed by atoms with Gasteiger partial charge in [-0.1, -0.05) is 47.5 Å². The second-order valence-corrected chi connectivity index (χ2v) is 9.44. The highest BCUT2D eigenvalue weighted by Gasteiger charge is 2.46. The molecular formula is C28H27BrN2O4. The first-order chi connectivity index (χ1) is 16.9. The monoisotopic (exact) mass is 534 g/mol. The summed E-state index contributed by atoms with van der Waals surface area (Å²) in [5.74, 6) is -0.838. The van der Waals surface area contributed by atoms with Crippen LogP contribution in [-0.2, 0) is 16.1 Å². The lowest BCUT2D eigenvalue weighted by Gasteiger charge is -2.25. The minimum atomic E-state index is -0.742. The SMILES string of the molecule is CCCCOc1ccc(/C(O)=C2/C(=O)C(=O)N(Cc3cccnc3)C2c2cccc(Br)c2)cc1C. The predicted octanol–water partition coefficient (Wildman–Crippen LogP) is 5.95. The largest absolute Gasteiger partial charge is 0.507 e. The highest BCUT2D eigenvalue weighted by Crippen LogP contribution is 2.41. The number of ketones is 1. The lowest BCUT2D eigenvalue weighted by Crippen LogP contribution is -2.29. The van der Waals surface area contributed by atoms with Crippen LogP contribution in [-0.4, -0.2) is 33.3 Å². The smallest absolute Gasteiger partial charge is 0.295 e. The van der Waals surface area contributed by atoms with Crippen molar-refractivity contribution in [2.75, 3.05) is 6.61 Å². The van der Waals surface area contributed by atoms with Gasteiger partial charge in [0.1, 0.15) is 11.5 Å². The lowest BCUT2D eigenvalue weighted by molar-refractivity contribution is -0.140. The van der Waals surface area contributed by atoms with Crippen molar-refractivity contribution in [2.24, 2.45) is 0 Å². The number of aromatic nitrogens is 1. The molecule has 1 aliphatic heterocycles. The van der Waals surface area contributed by atoms with Gasteiger partial charge < -0.3 is 14.7 Å². The van der Waals surface area contributed by atoms with E-state index >= 15 is 0 Å². The van der Waals surface area contributed by atoms with E-state index in [-0.39, 0.29) is 17.9 Å². The molecule has 7 heteroatoms. The maximum Gasteiger partial charge on any atom is 0.295 e. The highest BCUT2D eigenvalue weighted by atomic mass is 79.9. The topological polar surface area (TPSA) is 79.7 Å². The fraction of sp³-hybridized carbons (Fsp3) is 0.250. The number of hydrogen-bond acceptors (Lipinski definition) is 5. The number of likely N-dealkylation sites (tertiary alicyclic amines) is 1. The number of pyridine rings is 1. The third kappa shape index (κ3) is 5.30. The predicted molar refractivity (Wildman–Crippen MR) is 138 cm³/mol. The van der Waals surface area contributed by atoms with Gasteiger partial charge in [-0.25, -0.2) is 0 Å². The zero-order valence-electron chi connectivity index (χ0n) is 19.7. The number of Topliss-reactive ketones (excluding diaryl/α,β-unsaturated/α-hetero) is 1. The number of carbonyl (C=O) groups excluding carboxylic acids is 2. The van der Waals surface area contributed by atoms with E-state index in [1.165, 1.54) is 4.90 Å². The molecule has 1 aromatic heterocycles. The Balaban J connectivity index is 1.78. The molecule has 1 amide bonds. The number of amides is 1. The molecule has 35 heavy (non-hydrogen) atoms. The minimum absolute atomic E-state index is 0.0658. The highest BCUT2D eigenvalue weighted by molar-refractivity contribution is 9.10. The summed E-state index contributed by atoms with van der Waals surface area (Å²) in [5.41, 5.74) is 2.88. The van der Waals surface area contributed by atoms with Gasteiger partial charge in [0.05, 0.1) is 18.2 Å². The molecule has 0 saturated carbocycles. The van der Waals surface area contributed by atoms with Gasteiger partial charge in [0.2, 0.25) is 0 Å². The van der Waals surface area contributed by atoms with Gasteiger partial charge in [-0.2, -0.15) is 0 Å². The van der Waals surface area contributed by atoms with E-state index in [2.05, 4.69) is 27.8 Å². The molecule has 1 aliphatic rings. The van der Waals surface area contributed by atoms with Gasteiger partial charge >= 0.3 is 0 Å². The Morgan fingerprint density at radius 2 is 1.97 bits per heavy atom. The number of halogens is 1. The normalized spacial score (nSPS) is 17.1. The summed E-state index contributed by atoms with van der Waals surface area (Å²) < 4.78 is 6.64. The van der Waals surface area contributed by atoms with Crippen molar-refractivity contribution in [3.05, 3.63) is 99.3 Å². The number of unbranched alkanes of at least 4 members (excludes halogenated alkanes) is 1. The van der Waals surface area contributed by atoms with Crippen LogP contribution < -0.4 is 4.74 Å². The summed E-state index contributed by atoms with van der Waals surface area (Å²) in [6.45, 7) is 4.80. The first-order valence-corrected chi connectivity index (χ1v) is 12.4. The second kappa shape index (κ2) is 10.9. The van der Waals surface area contributed by atoms with Crippen molar-refractivity contribution < 1.29 is 19.4 Å². The van der Waals surface area contributed by atoms with E-state index in [4.69, 9.17) is 4.74 Å². The van der Waals surface area contributed by atoms with Gasteiger partial charge in [-0.05, 0) is 66.4 Å².